The van der Waals surface area contributed by atoms with Gasteiger partial charge in [0, 0.05) is 6.20 Å². The third-order valence-corrected chi connectivity index (χ3v) is 4.27. The highest BCUT2D eigenvalue weighted by Gasteiger charge is 2.30. The lowest BCUT2D eigenvalue weighted by Crippen LogP contribution is -2.21. The fourth-order valence-electron chi connectivity index (χ4n) is 1.70. The second-order valence-corrected chi connectivity index (χ2v) is 6.14. The van der Waals surface area contributed by atoms with Gasteiger partial charge in [-0.1, -0.05) is 0 Å². The number of nitrogens with zero attached hydrogens (tertiary/aromatic N) is 1. The van der Waals surface area contributed by atoms with Crippen LogP contribution in [0.4, 0.5) is 0 Å². The molecule has 0 aromatic carbocycles. The molecular weight excluding hydrogens is 278 g/mol. The first-order valence-electron chi connectivity index (χ1n) is 5.14. The number of nitrogen functional groups attached to an aromatic ring is 1. The molecule has 100 valence electrons. The number of rotatable bonds is 3. The Kier molecular flexibility index (Phi) is 4.53. The molecule has 0 aliphatic carbocycles. The molecule has 2 rings (SSSR count). The standard InChI is InChI=1S/C10H13N3O3S.ClH/c11-9(12)8-2-1-4-13-10(8)16-7-3-5-17(14,15)6-7;/h1-2,4,7H,3,5-6H2,(H3,11,12);1H. The van der Waals surface area contributed by atoms with Gasteiger partial charge in [0.15, 0.2) is 9.84 Å². The molecule has 0 amide bonds. The third-order valence-electron chi connectivity index (χ3n) is 2.53. The molecule has 8 heteroatoms. The summed E-state index contributed by atoms with van der Waals surface area (Å²) in [5, 5.41) is 7.37. The molecule has 1 aromatic rings. The summed E-state index contributed by atoms with van der Waals surface area (Å²) in [6.45, 7) is 0. The fraction of sp³-hybridized carbons (Fsp3) is 0.400. The van der Waals surface area contributed by atoms with Crippen LogP contribution in [0.2, 0.25) is 0 Å². The van der Waals surface area contributed by atoms with Gasteiger partial charge in [0.2, 0.25) is 5.88 Å². The number of hydrogen-bond acceptors (Lipinski definition) is 5. The summed E-state index contributed by atoms with van der Waals surface area (Å²) in [6.07, 6.45) is 1.58. The molecule has 1 fully saturated rings. The van der Waals surface area contributed by atoms with E-state index in [0.717, 1.165) is 0 Å². The van der Waals surface area contributed by atoms with Crippen molar-refractivity contribution < 1.29 is 13.2 Å². The van der Waals surface area contributed by atoms with E-state index in [-0.39, 0.29) is 35.6 Å². The Morgan fingerprint density at radius 3 is 2.83 bits per heavy atom. The average Bonchev–Trinajstić information content (AvgIpc) is 2.58. The van der Waals surface area contributed by atoms with Crippen molar-refractivity contribution in [3.05, 3.63) is 23.9 Å². The predicted octanol–water partition coefficient (Wildman–Crippen LogP) is 0.353. The zero-order chi connectivity index (χ0) is 12.5. The lowest BCUT2D eigenvalue weighted by atomic mass is 10.2. The van der Waals surface area contributed by atoms with Crippen molar-refractivity contribution in [3.63, 3.8) is 0 Å². The molecule has 0 radical (unpaired) electrons. The van der Waals surface area contributed by atoms with Gasteiger partial charge >= 0.3 is 0 Å². The maximum atomic E-state index is 11.3. The third kappa shape index (κ3) is 3.33. The van der Waals surface area contributed by atoms with Gasteiger partial charge in [-0.15, -0.1) is 12.4 Å². The van der Waals surface area contributed by atoms with E-state index in [0.29, 0.717) is 12.0 Å². The molecule has 1 atom stereocenters. The number of pyridine rings is 1. The molecule has 18 heavy (non-hydrogen) atoms. The van der Waals surface area contributed by atoms with E-state index in [1.807, 2.05) is 0 Å². The Morgan fingerprint density at radius 1 is 1.56 bits per heavy atom. The lowest BCUT2D eigenvalue weighted by molar-refractivity contribution is 0.219. The number of sulfone groups is 1. The van der Waals surface area contributed by atoms with Crippen LogP contribution < -0.4 is 10.5 Å². The van der Waals surface area contributed by atoms with Crippen LogP contribution in [0.5, 0.6) is 5.88 Å². The van der Waals surface area contributed by atoms with Crippen LogP contribution >= 0.6 is 12.4 Å². The molecule has 1 saturated heterocycles. The Morgan fingerprint density at radius 2 is 2.28 bits per heavy atom. The van der Waals surface area contributed by atoms with Gasteiger partial charge < -0.3 is 10.5 Å². The maximum absolute atomic E-state index is 11.3. The summed E-state index contributed by atoms with van der Waals surface area (Å²) >= 11 is 0. The molecule has 1 unspecified atom stereocenters. The molecule has 6 nitrogen and oxygen atoms in total. The SMILES string of the molecule is Cl.N=C(N)c1cccnc1OC1CCS(=O)(=O)C1. The number of ether oxygens (including phenoxy) is 1. The number of halogens is 1. The van der Waals surface area contributed by atoms with E-state index in [2.05, 4.69) is 4.98 Å². The highest BCUT2D eigenvalue weighted by molar-refractivity contribution is 7.91. The van der Waals surface area contributed by atoms with E-state index < -0.39 is 15.9 Å². The molecule has 0 bridgehead atoms. The van der Waals surface area contributed by atoms with Crippen LogP contribution in [-0.2, 0) is 9.84 Å². The normalized spacial score (nSPS) is 21.0. The van der Waals surface area contributed by atoms with Gasteiger partial charge in [-0.25, -0.2) is 13.4 Å². The fourth-order valence-corrected chi connectivity index (χ4v) is 3.29. The number of nitrogens with two attached hydrogens (primary N) is 1. The average molecular weight is 292 g/mol. The monoisotopic (exact) mass is 291 g/mol. The molecule has 0 spiro atoms. The first kappa shape index (κ1) is 14.7. The molecule has 0 saturated carbocycles. The number of hydrogen-bond donors (Lipinski definition) is 2. The summed E-state index contributed by atoms with van der Waals surface area (Å²) in [5.41, 5.74) is 5.77. The van der Waals surface area contributed by atoms with Crippen LogP contribution in [0.1, 0.15) is 12.0 Å². The van der Waals surface area contributed by atoms with E-state index in [1.54, 1.807) is 12.1 Å². The summed E-state index contributed by atoms with van der Waals surface area (Å²) in [7, 11) is -2.99. The topological polar surface area (TPSA) is 106 Å². The quantitative estimate of drug-likeness (QED) is 0.617. The molecule has 1 aliphatic rings. The lowest BCUT2D eigenvalue weighted by Gasteiger charge is -2.13. The zero-order valence-corrected chi connectivity index (χ0v) is 11.1. The van der Waals surface area contributed by atoms with Crippen molar-refractivity contribution in [2.75, 3.05) is 11.5 Å². The van der Waals surface area contributed by atoms with Crippen LogP contribution in [0.3, 0.4) is 0 Å². The minimum Gasteiger partial charge on any atom is -0.473 e. The molecular formula is C10H14ClN3O3S. The highest BCUT2D eigenvalue weighted by atomic mass is 35.5. The molecule has 3 N–H and O–H groups in total. The smallest absolute Gasteiger partial charge is 0.224 e. The van der Waals surface area contributed by atoms with Gasteiger partial charge in [-0.05, 0) is 18.6 Å². The number of nitrogens with one attached hydrogen (secondary N) is 1. The zero-order valence-electron chi connectivity index (χ0n) is 9.50. The minimum atomic E-state index is -2.99. The second kappa shape index (κ2) is 5.53. The van der Waals surface area contributed by atoms with E-state index >= 15 is 0 Å². The Labute approximate surface area is 111 Å². The van der Waals surface area contributed by atoms with Gasteiger partial charge in [0.05, 0.1) is 17.1 Å². The van der Waals surface area contributed by atoms with Gasteiger partial charge in [-0.2, -0.15) is 0 Å². The first-order chi connectivity index (χ1) is 7.98. The van der Waals surface area contributed by atoms with E-state index in [4.69, 9.17) is 15.9 Å². The van der Waals surface area contributed by atoms with Crippen LogP contribution in [0.25, 0.3) is 0 Å². The minimum absolute atomic E-state index is 0. The van der Waals surface area contributed by atoms with Crippen molar-refractivity contribution in [2.24, 2.45) is 5.73 Å². The van der Waals surface area contributed by atoms with Crippen molar-refractivity contribution in [1.82, 2.24) is 4.98 Å². The van der Waals surface area contributed by atoms with E-state index in [9.17, 15) is 8.42 Å². The van der Waals surface area contributed by atoms with Gasteiger partial charge in [0.1, 0.15) is 11.9 Å². The number of aromatic nitrogens is 1. The largest absolute Gasteiger partial charge is 0.473 e. The van der Waals surface area contributed by atoms with Crippen LogP contribution in [-0.4, -0.2) is 36.8 Å². The second-order valence-electron chi connectivity index (χ2n) is 3.91. The van der Waals surface area contributed by atoms with Crippen molar-refractivity contribution in [3.8, 4) is 5.88 Å². The van der Waals surface area contributed by atoms with Crippen molar-refractivity contribution >= 4 is 28.1 Å². The highest BCUT2D eigenvalue weighted by Crippen LogP contribution is 2.20. The van der Waals surface area contributed by atoms with Gasteiger partial charge in [-0.3, -0.25) is 5.41 Å². The van der Waals surface area contributed by atoms with E-state index in [1.165, 1.54) is 6.20 Å². The van der Waals surface area contributed by atoms with Crippen molar-refractivity contribution in [1.29, 1.82) is 5.41 Å². The van der Waals surface area contributed by atoms with Crippen LogP contribution in [0.15, 0.2) is 18.3 Å². The molecule has 1 aromatic heterocycles. The van der Waals surface area contributed by atoms with Crippen LogP contribution in [0, 0.1) is 5.41 Å². The molecule has 2 heterocycles. The summed E-state index contributed by atoms with van der Waals surface area (Å²) in [4.78, 5) is 3.97. The van der Waals surface area contributed by atoms with Crippen molar-refractivity contribution in [2.45, 2.75) is 12.5 Å². The molecule has 1 aliphatic heterocycles. The number of amidine groups is 1. The summed E-state index contributed by atoms with van der Waals surface area (Å²) in [5.74, 6) is 0.219. The Balaban J connectivity index is 0.00000162. The first-order valence-corrected chi connectivity index (χ1v) is 6.96. The predicted molar refractivity (Wildman–Crippen MR) is 70.2 cm³/mol. The maximum Gasteiger partial charge on any atom is 0.224 e. The Hall–Kier alpha value is -1.34. The Bertz CT molecular complexity index is 547. The van der Waals surface area contributed by atoms with Gasteiger partial charge in [0.25, 0.3) is 0 Å². The summed E-state index contributed by atoms with van der Waals surface area (Å²) < 4.78 is 28.1. The summed E-state index contributed by atoms with van der Waals surface area (Å²) in [6, 6.07) is 3.27.